The van der Waals surface area contributed by atoms with Crippen molar-refractivity contribution in [2.75, 3.05) is 33.8 Å². The van der Waals surface area contributed by atoms with Gasteiger partial charge in [-0.25, -0.2) is 4.39 Å². The Labute approximate surface area is 111 Å². The summed E-state index contributed by atoms with van der Waals surface area (Å²) in [5.74, 6) is -1.60. The van der Waals surface area contributed by atoms with E-state index in [1.54, 1.807) is 12.1 Å². The van der Waals surface area contributed by atoms with Crippen LogP contribution in [0, 0.1) is 5.82 Å². The lowest BCUT2D eigenvalue weighted by Crippen LogP contribution is -3.00. The van der Waals surface area contributed by atoms with E-state index in [-0.39, 0.29) is 22.8 Å². The zero-order chi connectivity index (χ0) is 11.8. The van der Waals surface area contributed by atoms with E-state index < -0.39 is 5.79 Å². The summed E-state index contributed by atoms with van der Waals surface area (Å²) in [6.45, 7) is 1.84. The van der Waals surface area contributed by atoms with Crippen LogP contribution >= 0.6 is 0 Å². The molecule has 2 rings (SSSR count). The highest BCUT2D eigenvalue weighted by molar-refractivity contribution is 5.21. The first kappa shape index (κ1) is 14.6. The molecule has 96 valence electrons. The Morgan fingerprint density at radius 3 is 2.41 bits per heavy atom. The van der Waals surface area contributed by atoms with Crippen LogP contribution in [0.2, 0.25) is 0 Å². The van der Waals surface area contributed by atoms with Crippen LogP contribution in [0.5, 0.6) is 0 Å². The molecule has 0 saturated carbocycles. The molecule has 0 bridgehead atoms. The Balaban J connectivity index is 0.00000144. The zero-order valence-corrected chi connectivity index (χ0v) is 11.6. The van der Waals surface area contributed by atoms with Crippen LogP contribution in [0.4, 0.5) is 4.39 Å². The van der Waals surface area contributed by atoms with Gasteiger partial charge in [-0.1, -0.05) is 12.1 Å². The Hall–Kier alpha value is -0.490. The highest BCUT2D eigenvalue weighted by atomic mass is 79.9. The van der Waals surface area contributed by atoms with Crippen LogP contribution in [0.1, 0.15) is 5.56 Å². The number of quaternary nitrogens is 1. The molecule has 0 aromatic heterocycles. The summed E-state index contributed by atoms with van der Waals surface area (Å²) < 4.78 is 18.9. The topological polar surface area (TPSA) is 29.5 Å². The standard InChI is InChI=1S/C12H17FNO2.BrH/c1-14(2)7-8-16-12(15,9-14)10-3-5-11(13)6-4-10;/h3-6,15H,7-9H2,1-2H3;1H/q+1;/p-1. The van der Waals surface area contributed by atoms with Crippen molar-refractivity contribution in [1.82, 2.24) is 0 Å². The number of likely N-dealkylation sites (N-methyl/N-ethyl adjacent to an activating group) is 1. The molecule has 1 atom stereocenters. The van der Waals surface area contributed by atoms with Crippen molar-refractivity contribution < 1.29 is 35.7 Å². The molecule has 0 spiro atoms. The first-order valence-electron chi connectivity index (χ1n) is 5.36. The minimum atomic E-state index is -1.30. The van der Waals surface area contributed by atoms with E-state index in [2.05, 4.69) is 0 Å². The van der Waals surface area contributed by atoms with E-state index in [0.29, 0.717) is 23.2 Å². The van der Waals surface area contributed by atoms with Gasteiger partial charge in [0, 0.05) is 5.56 Å². The second-order valence-electron chi connectivity index (χ2n) is 4.96. The van der Waals surface area contributed by atoms with Crippen LogP contribution in [0.25, 0.3) is 0 Å². The van der Waals surface area contributed by atoms with Gasteiger partial charge in [-0.2, -0.15) is 0 Å². The Morgan fingerprint density at radius 1 is 1.29 bits per heavy atom. The second-order valence-corrected chi connectivity index (χ2v) is 4.96. The summed E-state index contributed by atoms with van der Waals surface area (Å²) in [6, 6.07) is 5.82. The Morgan fingerprint density at radius 2 is 1.88 bits per heavy atom. The molecule has 0 amide bonds. The molecule has 0 radical (unpaired) electrons. The van der Waals surface area contributed by atoms with Gasteiger partial charge in [0.2, 0.25) is 5.79 Å². The lowest BCUT2D eigenvalue weighted by atomic mass is 10.0. The summed E-state index contributed by atoms with van der Waals surface area (Å²) in [4.78, 5) is 0. The van der Waals surface area contributed by atoms with E-state index in [9.17, 15) is 9.50 Å². The maximum absolute atomic E-state index is 12.8. The summed E-state index contributed by atoms with van der Waals surface area (Å²) in [5.41, 5.74) is 0.611. The minimum Gasteiger partial charge on any atom is -1.00 e. The molecule has 1 aromatic rings. The third kappa shape index (κ3) is 3.25. The highest BCUT2D eigenvalue weighted by Gasteiger charge is 2.42. The third-order valence-electron chi connectivity index (χ3n) is 2.98. The molecule has 1 fully saturated rings. The molecular formula is C12H17BrFNO2. The highest BCUT2D eigenvalue weighted by Crippen LogP contribution is 2.29. The quantitative estimate of drug-likeness (QED) is 0.613. The molecule has 0 aliphatic carbocycles. The fourth-order valence-corrected chi connectivity index (χ4v) is 2.05. The number of rotatable bonds is 1. The van der Waals surface area contributed by atoms with Gasteiger partial charge in [0.1, 0.15) is 18.9 Å². The first-order valence-corrected chi connectivity index (χ1v) is 5.36. The fourth-order valence-electron chi connectivity index (χ4n) is 2.05. The maximum Gasteiger partial charge on any atom is 0.243 e. The summed E-state index contributed by atoms with van der Waals surface area (Å²) in [7, 11) is 4.08. The zero-order valence-electron chi connectivity index (χ0n) is 9.99. The molecule has 1 heterocycles. The van der Waals surface area contributed by atoms with Crippen molar-refractivity contribution in [1.29, 1.82) is 0 Å². The Kier molecular flexibility index (Phi) is 4.30. The average molecular weight is 306 g/mol. The minimum absolute atomic E-state index is 0. The second kappa shape index (κ2) is 5.02. The smallest absolute Gasteiger partial charge is 0.243 e. The average Bonchev–Trinajstić information content (AvgIpc) is 2.16. The first-order chi connectivity index (χ1) is 7.41. The molecule has 1 N–H and O–H groups in total. The van der Waals surface area contributed by atoms with Crippen molar-refractivity contribution in [3.8, 4) is 0 Å². The molecule has 3 nitrogen and oxygen atoms in total. The molecule has 1 aromatic carbocycles. The lowest BCUT2D eigenvalue weighted by Gasteiger charge is -2.42. The number of hydrogen-bond donors (Lipinski definition) is 1. The van der Waals surface area contributed by atoms with Crippen LogP contribution in [0.15, 0.2) is 24.3 Å². The number of hydrogen-bond acceptors (Lipinski definition) is 2. The van der Waals surface area contributed by atoms with Crippen molar-refractivity contribution in [3.05, 3.63) is 35.6 Å². The van der Waals surface area contributed by atoms with Gasteiger partial charge < -0.3 is 31.3 Å². The SMILES string of the molecule is C[N+]1(C)CCOC(O)(c2ccc(F)cc2)C1.[Br-]. The Bertz CT molecular complexity index is 383. The van der Waals surface area contributed by atoms with Gasteiger partial charge in [-0.15, -0.1) is 0 Å². The number of nitrogens with zero attached hydrogens (tertiary/aromatic N) is 1. The molecular weight excluding hydrogens is 289 g/mol. The number of morpholine rings is 1. The van der Waals surface area contributed by atoms with Crippen molar-refractivity contribution in [2.45, 2.75) is 5.79 Å². The van der Waals surface area contributed by atoms with Crippen LogP contribution < -0.4 is 17.0 Å². The van der Waals surface area contributed by atoms with E-state index in [1.165, 1.54) is 12.1 Å². The maximum atomic E-state index is 12.8. The van der Waals surface area contributed by atoms with E-state index in [0.717, 1.165) is 6.54 Å². The van der Waals surface area contributed by atoms with Gasteiger partial charge in [-0.05, 0) is 12.1 Å². The molecule has 5 heteroatoms. The number of ether oxygens (including phenoxy) is 1. The van der Waals surface area contributed by atoms with Gasteiger partial charge in [0.05, 0.1) is 20.7 Å². The van der Waals surface area contributed by atoms with Gasteiger partial charge >= 0.3 is 0 Å². The number of aliphatic hydroxyl groups is 1. The molecule has 1 saturated heterocycles. The van der Waals surface area contributed by atoms with Crippen LogP contribution in [-0.4, -0.2) is 43.4 Å². The van der Waals surface area contributed by atoms with E-state index >= 15 is 0 Å². The molecule has 1 aliphatic heterocycles. The summed E-state index contributed by atoms with van der Waals surface area (Å²) in [5, 5.41) is 10.4. The van der Waals surface area contributed by atoms with Crippen molar-refractivity contribution in [3.63, 3.8) is 0 Å². The predicted molar refractivity (Wildman–Crippen MR) is 58.1 cm³/mol. The largest absolute Gasteiger partial charge is 1.00 e. The van der Waals surface area contributed by atoms with Crippen LogP contribution in [-0.2, 0) is 10.5 Å². The fraction of sp³-hybridized carbons (Fsp3) is 0.500. The summed E-state index contributed by atoms with van der Waals surface area (Å²) >= 11 is 0. The van der Waals surface area contributed by atoms with Crippen molar-refractivity contribution >= 4 is 0 Å². The van der Waals surface area contributed by atoms with E-state index in [4.69, 9.17) is 4.74 Å². The van der Waals surface area contributed by atoms with Crippen molar-refractivity contribution in [2.24, 2.45) is 0 Å². The lowest BCUT2D eigenvalue weighted by molar-refractivity contribution is -0.912. The van der Waals surface area contributed by atoms with Gasteiger partial charge in [0.25, 0.3) is 0 Å². The number of benzene rings is 1. The number of halogens is 2. The van der Waals surface area contributed by atoms with Crippen LogP contribution in [0.3, 0.4) is 0 Å². The third-order valence-corrected chi connectivity index (χ3v) is 2.98. The molecule has 1 unspecified atom stereocenters. The normalized spacial score (nSPS) is 27.3. The monoisotopic (exact) mass is 305 g/mol. The molecule has 17 heavy (non-hydrogen) atoms. The predicted octanol–water partition coefficient (Wildman–Crippen LogP) is -1.92. The molecule has 1 aliphatic rings. The summed E-state index contributed by atoms with van der Waals surface area (Å²) in [6.07, 6.45) is 0. The van der Waals surface area contributed by atoms with Gasteiger partial charge in [-0.3, -0.25) is 0 Å². The van der Waals surface area contributed by atoms with Gasteiger partial charge in [0.15, 0.2) is 0 Å². The van der Waals surface area contributed by atoms with E-state index in [1.807, 2.05) is 14.1 Å².